The minimum atomic E-state index is -1.69. The van der Waals surface area contributed by atoms with Gasteiger partial charge in [0.15, 0.2) is 12.6 Å². The first-order chi connectivity index (χ1) is 18.1. The third-order valence-electron chi connectivity index (χ3n) is 7.32. The van der Waals surface area contributed by atoms with Crippen molar-refractivity contribution >= 4 is 5.97 Å². The maximum Gasteiger partial charge on any atom is 0.337 e. The maximum atomic E-state index is 12.4. The van der Waals surface area contributed by atoms with Crippen LogP contribution in [0.4, 0.5) is 0 Å². The predicted molar refractivity (Wildman–Crippen MR) is 119 cm³/mol. The normalized spacial score (nSPS) is 45.0. The van der Waals surface area contributed by atoms with E-state index >= 15 is 0 Å². The highest BCUT2D eigenvalue weighted by Gasteiger charge is 2.50. The van der Waals surface area contributed by atoms with Crippen LogP contribution in [0.1, 0.15) is 6.42 Å². The Morgan fingerprint density at radius 3 is 2.03 bits per heavy atom. The highest BCUT2D eigenvalue weighted by molar-refractivity contribution is 5.89. The molecule has 3 aliphatic heterocycles. The van der Waals surface area contributed by atoms with Gasteiger partial charge in [-0.1, -0.05) is 6.08 Å². The van der Waals surface area contributed by atoms with Crippen LogP contribution in [0.15, 0.2) is 23.5 Å². The molecule has 0 aromatic heterocycles. The van der Waals surface area contributed by atoms with E-state index in [2.05, 4.69) is 0 Å². The Morgan fingerprint density at radius 1 is 0.868 bits per heavy atom. The fourth-order valence-corrected chi connectivity index (χ4v) is 5.10. The molecule has 0 amide bonds. The monoisotopic (exact) mass is 550 g/mol. The molecule has 0 aromatic rings. The Balaban J connectivity index is 1.51. The van der Waals surface area contributed by atoms with Crippen LogP contribution in [-0.2, 0) is 33.2 Å². The molecule has 38 heavy (non-hydrogen) atoms. The van der Waals surface area contributed by atoms with Gasteiger partial charge in [-0.05, 0) is 12.0 Å². The van der Waals surface area contributed by atoms with E-state index in [0.29, 0.717) is 12.0 Å². The number of carbonyl (C=O) groups excluding carboxylic acids is 1. The van der Waals surface area contributed by atoms with Gasteiger partial charge in [0.25, 0.3) is 0 Å². The summed E-state index contributed by atoms with van der Waals surface area (Å²) in [6.45, 7) is -1.50. The van der Waals surface area contributed by atoms with Crippen LogP contribution in [-0.4, -0.2) is 141 Å². The summed E-state index contributed by atoms with van der Waals surface area (Å²) in [5, 5.41) is 79.7. The minimum absolute atomic E-state index is 0.199. The maximum absolute atomic E-state index is 12.4. The zero-order valence-corrected chi connectivity index (χ0v) is 20.4. The third kappa shape index (κ3) is 5.47. The van der Waals surface area contributed by atoms with Crippen LogP contribution < -0.4 is 0 Å². The van der Waals surface area contributed by atoms with Crippen LogP contribution in [0.3, 0.4) is 0 Å². The molecule has 0 radical (unpaired) electrons. The van der Waals surface area contributed by atoms with Crippen molar-refractivity contribution in [2.24, 2.45) is 11.8 Å². The summed E-state index contributed by atoms with van der Waals surface area (Å²) in [7, 11) is 1.21. The Morgan fingerprint density at radius 2 is 1.45 bits per heavy atom. The number of rotatable bonds is 8. The Kier molecular flexibility index (Phi) is 9.39. The first kappa shape index (κ1) is 29.3. The molecule has 0 unspecified atom stereocenters. The van der Waals surface area contributed by atoms with Crippen molar-refractivity contribution in [2.75, 3.05) is 26.9 Å². The van der Waals surface area contributed by atoms with E-state index < -0.39 is 98.7 Å². The summed E-state index contributed by atoms with van der Waals surface area (Å²) in [4.78, 5) is 12.4. The fraction of sp³-hybridized carbons (Fsp3) is 0.783. The Hall–Kier alpha value is -1.73. The van der Waals surface area contributed by atoms with Gasteiger partial charge >= 0.3 is 5.97 Å². The van der Waals surface area contributed by atoms with Crippen molar-refractivity contribution in [3.05, 3.63) is 23.5 Å². The van der Waals surface area contributed by atoms with Crippen molar-refractivity contribution in [1.29, 1.82) is 0 Å². The number of aliphatic hydroxyl groups is 8. The molecule has 2 saturated heterocycles. The van der Waals surface area contributed by atoms with Gasteiger partial charge in [0.1, 0.15) is 48.8 Å². The minimum Gasteiger partial charge on any atom is -0.471 e. The van der Waals surface area contributed by atoms with Crippen LogP contribution in [0.2, 0.25) is 0 Å². The van der Waals surface area contributed by atoms with Crippen LogP contribution in [0, 0.1) is 11.8 Å². The summed E-state index contributed by atoms with van der Waals surface area (Å²) >= 11 is 0. The van der Waals surface area contributed by atoms with Gasteiger partial charge < -0.3 is 69.3 Å². The standard InChI is InChI=1S/C23H34O15/c1-33-20(32)10-7-35-21(38-23-19(31)17(29)15(27)12(5-25)37-23)13-8(2-3-9(10)13)6-34-22-18(30)16(28)14(26)11(4-24)36-22/h2,7,9,11-19,21-31H,3-6H2,1H3/t9-,11-,12-,13-,14-,15-,16+,17+,18-,19-,21+,22-,23+/m0/s1. The number of carbonyl (C=O) groups is 1. The van der Waals surface area contributed by atoms with Gasteiger partial charge in [-0.2, -0.15) is 0 Å². The zero-order valence-electron chi connectivity index (χ0n) is 20.4. The number of hydrogen-bond donors (Lipinski definition) is 8. The van der Waals surface area contributed by atoms with E-state index in [1.165, 1.54) is 7.11 Å². The molecule has 1 aliphatic carbocycles. The molecule has 0 aromatic carbocycles. The summed E-state index contributed by atoms with van der Waals surface area (Å²) in [6.07, 6.45) is -13.0. The van der Waals surface area contributed by atoms with Gasteiger partial charge in [0.05, 0.1) is 44.7 Å². The van der Waals surface area contributed by atoms with Crippen molar-refractivity contribution in [1.82, 2.24) is 0 Å². The second-order valence-corrected chi connectivity index (χ2v) is 9.56. The van der Waals surface area contributed by atoms with Crippen molar-refractivity contribution in [2.45, 2.75) is 74.1 Å². The molecule has 15 nitrogen and oxygen atoms in total. The topological polar surface area (TPSA) is 234 Å². The van der Waals surface area contributed by atoms with Crippen LogP contribution in [0.25, 0.3) is 0 Å². The predicted octanol–water partition coefficient (Wildman–Crippen LogP) is -4.40. The smallest absolute Gasteiger partial charge is 0.337 e. The molecule has 2 fully saturated rings. The van der Waals surface area contributed by atoms with Gasteiger partial charge in [-0.3, -0.25) is 0 Å². The Labute approximate surface area is 217 Å². The molecule has 8 N–H and O–H groups in total. The highest BCUT2D eigenvalue weighted by Crippen LogP contribution is 2.45. The number of fused-ring (bicyclic) bond motifs is 1. The molecule has 15 heteroatoms. The molecule has 4 rings (SSSR count). The SMILES string of the molecule is COC(=O)C1=CO[C@H](O[C@H]2O[C@@H](CO)[C@H](O)[C@@H](O)[C@@H]2O)[C@H]2C(CO[C@H]3O[C@@H](CO)[C@H](O)[C@@H](O)[C@@H]3O)=CC[C@@H]12. The first-order valence-corrected chi connectivity index (χ1v) is 12.1. The lowest BCUT2D eigenvalue weighted by Crippen LogP contribution is -2.60. The summed E-state index contributed by atoms with van der Waals surface area (Å²) in [5.74, 6) is -1.87. The van der Waals surface area contributed by atoms with E-state index in [4.69, 9.17) is 28.4 Å². The quantitative estimate of drug-likeness (QED) is 0.105. The van der Waals surface area contributed by atoms with Crippen molar-refractivity contribution < 1.29 is 74.1 Å². The first-order valence-electron chi connectivity index (χ1n) is 12.1. The molecule has 13 atom stereocenters. The Bertz CT molecular complexity index is 890. The lowest BCUT2D eigenvalue weighted by molar-refractivity contribution is -0.340. The van der Waals surface area contributed by atoms with E-state index in [9.17, 15) is 45.6 Å². The number of aliphatic hydroxyl groups excluding tert-OH is 8. The lowest BCUT2D eigenvalue weighted by Gasteiger charge is -2.43. The lowest BCUT2D eigenvalue weighted by atomic mass is 9.83. The fourth-order valence-electron chi connectivity index (χ4n) is 5.10. The van der Waals surface area contributed by atoms with Gasteiger partial charge in [-0.15, -0.1) is 0 Å². The summed E-state index contributed by atoms with van der Waals surface area (Å²) < 4.78 is 32.8. The van der Waals surface area contributed by atoms with Crippen molar-refractivity contribution in [3.8, 4) is 0 Å². The molecule has 4 aliphatic rings. The van der Waals surface area contributed by atoms with E-state index in [0.717, 1.165) is 6.26 Å². The van der Waals surface area contributed by atoms with Crippen LogP contribution >= 0.6 is 0 Å². The molecule has 0 spiro atoms. The van der Waals surface area contributed by atoms with Gasteiger partial charge in [0.2, 0.25) is 6.29 Å². The number of ether oxygens (including phenoxy) is 6. The average molecular weight is 551 g/mol. The van der Waals surface area contributed by atoms with Gasteiger partial charge in [-0.25, -0.2) is 4.79 Å². The van der Waals surface area contributed by atoms with Crippen molar-refractivity contribution in [3.63, 3.8) is 0 Å². The molecule has 0 saturated carbocycles. The second-order valence-electron chi connectivity index (χ2n) is 9.56. The zero-order chi connectivity index (χ0) is 27.7. The highest BCUT2D eigenvalue weighted by atomic mass is 16.8. The number of esters is 1. The molecular formula is C23H34O15. The largest absolute Gasteiger partial charge is 0.471 e. The summed E-state index contributed by atoms with van der Waals surface area (Å²) in [6, 6.07) is 0. The van der Waals surface area contributed by atoms with E-state index in [1.807, 2.05) is 0 Å². The average Bonchev–Trinajstić information content (AvgIpc) is 3.35. The summed E-state index contributed by atoms with van der Waals surface area (Å²) in [5.41, 5.74) is 0.723. The van der Waals surface area contributed by atoms with E-state index in [-0.39, 0.29) is 12.2 Å². The number of allylic oxidation sites excluding steroid dienone is 1. The number of methoxy groups -OCH3 is 1. The van der Waals surface area contributed by atoms with E-state index in [1.54, 1.807) is 6.08 Å². The molecular weight excluding hydrogens is 516 g/mol. The molecule has 216 valence electrons. The second kappa shape index (κ2) is 12.2. The third-order valence-corrected chi connectivity index (χ3v) is 7.32. The number of hydrogen-bond acceptors (Lipinski definition) is 15. The van der Waals surface area contributed by atoms with Crippen LogP contribution in [0.5, 0.6) is 0 Å². The molecule has 0 bridgehead atoms. The molecule has 3 heterocycles. The van der Waals surface area contributed by atoms with Gasteiger partial charge in [0, 0.05) is 5.92 Å².